The number of benzene rings is 1. The smallest absolute Gasteiger partial charge is 0.235 e. The Kier molecular flexibility index (Phi) is 3.54. The van der Waals surface area contributed by atoms with E-state index in [9.17, 15) is 0 Å². The van der Waals surface area contributed by atoms with Crippen LogP contribution in [-0.4, -0.2) is 23.5 Å². The first-order valence-corrected chi connectivity index (χ1v) is 6.58. The molecule has 1 aromatic carbocycles. The fraction of sp³-hybridized carbons (Fsp3) is 0.250. The SMILES string of the molecule is c1ccc(CCC2COC(c3ccccn3)=N2)cc1. The van der Waals surface area contributed by atoms with Crippen molar-refractivity contribution in [1.29, 1.82) is 0 Å². The van der Waals surface area contributed by atoms with Crippen LogP contribution in [0.5, 0.6) is 0 Å². The molecule has 0 saturated heterocycles. The van der Waals surface area contributed by atoms with E-state index in [1.54, 1.807) is 6.20 Å². The molecular weight excluding hydrogens is 236 g/mol. The lowest BCUT2D eigenvalue weighted by molar-refractivity contribution is 0.311. The van der Waals surface area contributed by atoms with Gasteiger partial charge >= 0.3 is 0 Å². The molecule has 1 unspecified atom stereocenters. The van der Waals surface area contributed by atoms with Crippen LogP contribution < -0.4 is 0 Å². The zero-order chi connectivity index (χ0) is 12.9. The fourth-order valence-electron chi connectivity index (χ4n) is 2.17. The second-order valence-corrected chi connectivity index (χ2v) is 4.64. The predicted molar refractivity (Wildman–Crippen MR) is 75.3 cm³/mol. The molecule has 0 radical (unpaired) electrons. The second kappa shape index (κ2) is 5.65. The zero-order valence-electron chi connectivity index (χ0n) is 10.7. The topological polar surface area (TPSA) is 34.5 Å². The highest BCUT2D eigenvalue weighted by Crippen LogP contribution is 2.15. The van der Waals surface area contributed by atoms with E-state index in [0.717, 1.165) is 18.5 Å². The third-order valence-electron chi connectivity index (χ3n) is 3.21. The van der Waals surface area contributed by atoms with Crippen molar-refractivity contribution in [3.8, 4) is 0 Å². The number of aliphatic imine (C=N–C) groups is 1. The summed E-state index contributed by atoms with van der Waals surface area (Å²) in [6.07, 6.45) is 3.81. The number of rotatable bonds is 4. The summed E-state index contributed by atoms with van der Waals surface area (Å²) in [6.45, 7) is 0.665. The van der Waals surface area contributed by atoms with Gasteiger partial charge in [-0.1, -0.05) is 36.4 Å². The van der Waals surface area contributed by atoms with Gasteiger partial charge < -0.3 is 4.74 Å². The Hall–Kier alpha value is -2.16. The first-order chi connectivity index (χ1) is 9.42. The lowest BCUT2D eigenvalue weighted by atomic mass is 10.1. The maximum absolute atomic E-state index is 5.63. The van der Waals surface area contributed by atoms with Crippen LogP contribution in [0.2, 0.25) is 0 Å². The van der Waals surface area contributed by atoms with Gasteiger partial charge in [0.2, 0.25) is 5.90 Å². The molecule has 2 aromatic rings. The average molecular weight is 252 g/mol. The minimum absolute atomic E-state index is 0.247. The van der Waals surface area contributed by atoms with Gasteiger partial charge in [-0.2, -0.15) is 0 Å². The molecule has 3 heteroatoms. The number of pyridine rings is 1. The lowest BCUT2D eigenvalue weighted by Crippen LogP contribution is -2.07. The van der Waals surface area contributed by atoms with Gasteiger partial charge in [-0.25, -0.2) is 4.99 Å². The Morgan fingerprint density at radius 1 is 1.05 bits per heavy atom. The van der Waals surface area contributed by atoms with Gasteiger partial charge in [0.1, 0.15) is 12.3 Å². The van der Waals surface area contributed by atoms with Gasteiger partial charge in [0, 0.05) is 6.20 Å². The number of aromatic nitrogens is 1. The normalized spacial score (nSPS) is 17.9. The molecule has 1 aliphatic rings. The van der Waals surface area contributed by atoms with E-state index in [1.165, 1.54) is 5.56 Å². The number of hydrogen-bond acceptors (Lipinski definition) is 3. The molecule has 2 heterocycles. The van der Waals surface area contributed by atoms with Crippen molar-refractivity contribution in [2.75, 3.05) is 6.61 Å². The van der Waals surface area contributed by atoms with Gasteiger partial charge in [0.15, 0.2) is 0 Å². The van der Waals surface area contributed by atoms with E-state index in [2.05, 4.69) is 34.2 Å². The Labute approximate surface area is 113 Å². The standard InChI is InChI=1S/C16H16N2O/c1-2-6-13(7-3-1)9-10-14-12-19-16(18-14)15-8-4-5-11-17-15/h1-8,11,14H,9-10,12H2. The molecule has 3 rings (SSSR count). The van der Waals surface area contributed by atoms with Gasteiger partial charge in [0.25, 0.3) is 0 Å². The molecular formula is C16H16N2O. The highest BCUT2D eigenvalue weighted by molar-refractivity contribution is 5.93. The van der Waals surface area contributed by atoms with Crippen LogP contribution in [0.15, 0.2) is 59.7 Å². The zero-order valence-corrected chi connectivity index (χ0v) is 10.7. The molecule has 19 heavy (non-hydrogen) atoms. The minimum atomic E-state index is 0.247. The second-order valence-electron chi connectivity index (χ2n) is 4.64. The molecule has 0 N–H and O–H groups in total. The van der Waals surface area contributed by atoms with Crippen LogP contribution in [0.3, 0.4) is 0 Å². The summed E-state index contributed by atoms with van der Waals surface area (Å²) in [5, 5.41) is 0. The van der Waals surface area contributed by atoms with Crippen molar-refractivity contribution in [1.82, 2.24) is 4.98 Å². The van der Waals surface area contributed by atoms with E-state index in [-0.39, 0.29) is 6.04 Å². The van der Waals surface area contributed by atoms with E-state index in [1.807, 2.05) is 24.3 Å². The van der Waals surface area contributed by atoms with Crippen molar-refractivity contribution in [2.24, 2.45) is 4.99 Å². The van der Waals surface area contributed by atoms with Crippen LogP contribution in [0.25, 0.3) is 0 Å². The van der Waals surface area contributed by atoms with Gasteiger partial charge in [-0.15, -0.1) is 0 Å². The summed E-state index contributed by atoms with van der Waals surface area (Å²) in [5.74, 6) is 0.679. The van der Waals surface area contributed by atoms with Gasteiger partial charge in [-0.05, 0) is 30.5 Å². The summed E-state index contributed by atoms with van der Waals surface area (Å²) < 4.78 is 5.63. The van der Waals surface area contributed by atoms with Crippen LogP contribution >= 0.6 is 0 Å². The summed E-state index contributed by atoms with van der Waals surface area (Å²) in [6, 6.07) is 16.5. The maximum atomic E-state index is 5.63. The molecule has 0 bridgehead atoms. The van der Waals surface area contributed by atoms with E-state index < -0.39 is 0 Å². The molecule has 1 aromatic heterocycles. The molecule has 0 amide bonds. The van der Waals surface area contributed by atoms with E-state index in [4.69, 9.17) is 4.74 Å². The van der Waals surface area contributed by atoms with Crippen molar-refractivity contribution >= 4 is 5.90 Å². The monoisotopic (exact) mass is 252 g/mol. The van der Waals surface area contributed by atoms with Gasteiger partial charge in [0.05, 0.1) is 6.04 Å². The predicted octanol–water partition coefficient (Wildman–Crippen LogP) is 2.86. The molecule has 1 atom stereocenters. The quantitative estimate of drug-likeness (QED) is 0.838. The molecule has 0 aliphatic carbocycles. The first kappa shape index (κ1) is 11.9. The van der Waals surface area contributed by atoms with Crippen LogP contribution in [0.1, 0.15) is 17.7 Å². The molecule has 0 spiro atoms. The highest BCUT2D eigenvalue weighted by Gasteiger charge is 2.20. The van der Waals surface area contributed by atoms with Crippen LogP contribution in [-0.2, 0) is 11.2 Å². The highest BCUT2D eigenvalue weighted by atomic mass is 16.5. The third-order valence-corrected chi connectivity index (χ3v) is 3.21. The number of hydrogen-bond donors (Lipinski definition) is 0. The van der Waals surface area contributed by atoms with Crippen molar-refractivity contribution in [3.63, 3.8) is 0 Å². The Morgan fingerprint density at radius 3 is 2.68 bits per heavy atom. The average Bonchev–Trinajstić information content (AvgIpc) is 2.96. The Bertz CT molecular complexity index is 551. The van der Waals surface area contributed by atoms with Crippen molar-refractivity contribution < 1.29 is 4.74 Å². The van der Waals surface area contributed by atoms with E-state index >= 15 is 0 Å². The maximum Gasteiger partial charge on any atom is 0.235 e. The van der Waals surface area contributed by atoms with Crippen LogP contribution in [0, 0.1) is 0 Å². The summed E-state index contributed by atoms with van der Waals surface area (Å²) in [7, 11) is 0. The molecule has 1 aliphatic heterocycles. The fourth-order valence-corrected chi connectivity index (χ4v) is 2.17. The summed E-state index contributed by atoms with van der Waals surface area (Å²) in [4.78, 5) is 8.86. The first-order valence-electron chi connectivity index (χ1n) is 6.58. The molecule has 0 fully saturated rings. The Balaban J connectivity index is 1.61. The number of aryl methyl sites for hydroxylation is 1. The molecule has 96 valence electrons. The largest absolute Gasteiger partial charge is 0.474 e. The molecule has 3 nitrogen and oxygen atoms in total. The van der Waals surface area contributed by atoms with Crippen LogP contribution in [0.4, 0.5) is 0 Å². The number of nitrogens with zero attached hydrogens (tertiary/aromatic N) is 2. The molecule has 0 saturated carbocycles. The minimum Gasteiger partial charge on any atom is -0.474 e. The number of ether oxygens (including phenoxy) is 1. The van der Waals surface area contributed by atoms with Gasteiger partial charge in [-0.3, -0.25) is 4.98 Å². The summed E-state index contributed by atoms with van der Waals surface area (Å²) in [5.41, 5.74) is 2.17. The lowest BCUT2D eigenvalue weighted by Gasteiger charge is -2.04. The Morgan fingerprint density at radius 2 is 1.89 bits per heavy atom. The van der Waals surface area contributed by atoms with E-state index in [0.29, 0.717) is 12.5 Å². The van der Waals surface area contributed by atoms with Crippen molar-refractivity contribution in [3.05, 3.63) is 66.0 Å². The third kappa shape index (κ3) is 2.99. The van der Waals surface area contributed by atoms with Crippen molar-refractivity contribution in [2.45, 2.75) is 18.9 Å². The summed E-state index contributed by atoms with van der Waals surface area (Å²) >= 11 is 0.